The number of piperidine rings is 1. The molecule has 0 bridgehead atoms. The molecule has 0 radical (unpaired) electrons. The molecule has 1 unspecified atom stereocenters. The van der Waals surface area contributed by atoms with Gasteiger partial charge in [-0.05, 0) is 103 Å². The number of ether oxygens (including phenoxy) is 4. The highest BCUT2D eigenvalue weighted by molar-refractivity contribution is 7.90. The highest BCUT2D eigenvalue weighted by Crippen LogP contribution is 2.37. The average Bonchev–Trinajstić information content (AvgIpc) is 2.13. The zero-order valence-electron chi connectivity index (χ0n) is 48.8. The number of hydrogen-bond acceptors (Lipinski definition) is 18. The molecule has 0 aliphatic carbocycles. The number of imide groups is 1. The monoisotopic (exact) mass is 1250 g/mol. The molecule has 25 heteroatoms. The molecule has 5 aliphatic rings. The molecule has 4 fully saturated rings. The Bertz CT molecular complexity index is 3910. The van der Waals surface area contributed by atoms with Crippen LogP contribution >= 0.6 is 11.6 Å². The van der Waals surface area contributed by atoms with E-state index >= 15 is 0 Å². The predicted molar refractivity (Wildman–Crippen MR) is 334 cm³/mol. The number of aromatic amines is 1. The number of rotatable bonds is 24. The van der Waals surface area contributed by atoms with Gasteiger partial charge in [-0.1, -0.05) is 41.9 Å². The number of nitrogens with zero attached hydrogens (tertiary/aromatic N) is 6. The first-order valence-corrected chi connectivity index (χ1v) is 31.8. The summed E-state index contributed by atoms with van der Waals surface area (Å²) in [4.78, 5) is 78.7. The molecule has 5 aliphatic heterocycles. The molecule has 23 nitrogen and oxygen atoms in total. The lowest BCUT2D eigenvalue weighted by Gasteiger charge is -2.39. The van der Waals surface area contributed by atoms with E-state index in [4.69, 9.17) is 30.5 Å². The van der Waals surface area contributed by atoms with Gasteiger partial charge in [0.25, 0.3) is 27.5 Å². The Kier molecular flexibility index (Phi) is 18.4. The van der Waals surface area contributed by atoms with Crippen molar-refractivity contribution in [1.29, 1.82) is 0 Å². The number of piperazine rings is 1. The Balaban J connectivity index is 0.658. The number of benzene rings is 5. The summed E-state index contributed by atoms with van der Waals surface area (Å²) in [6, 6.07) is 30.9. The second-order valence-corrected chi connectivity index (χ2v) is 25.1. The molecule has 2 aromatic heterocycles. The Morgan fingerprint density at radius 1 is 0.831 bits per heavy atom. The summed E-state index contributed by atoms with van der Waals surface area (Å²) in [7, 11) is -4.62. The van der Waals surface area contributed by atoms with Crippen LogP contribution in [0, 0.1) is 22.0 Å². The van der Waals surface area contributed by atoms with Crippen LogP contribution in [0.2, 0.25) is 5.02 Å². The first-order chi connectivity index (χ1) is 43.2. The molecule has 464 valence electrons. The summed E-state index contributed by atoms with van der Waals surface area (Å²) < 4.78 is 54.4. The van der Waals surface area contributed by atoms with Gasteiger partial charge in [-0.25, -0.2) is 18.1 Å². The summed E-state index contributed by atoms with van der Waals surface area (Å²) in [6.45, 7) is 9.75. The fraction of sp³-hybridized carbons (Fsp3) is 0.359. The highest BCUT2D eigenvalue weighted by atomic mass is 35.5. The van der Waals surface area contributed by atoms with Gasteiger partial charge in [0.1, 0.15) is 34.6 Å². The minimum Gasteiger partial charge on any atom is -0.493 e. The van der Waals surface area contributed by atoms with Gasteiger partial charge in [-0.15, -0.1) is 0 Å². The van der Waals surface area contributed by atoms with Crippen molar-refractivity contribution >= 4 is 79.0 Å². The highest BCUT2D eigenvalue weighted by Gasteiger charge is 2.40. The largest absolute Gasteiger partial charge is 0.493 e. The fourth-order valence-corrected chi connectivity index (χ4v) is 13.2. The van der Waals surface area contributed by atoms with Gasteiger partial charge >= 0.3 is 0 Å². The Labute approximate surface area is 519 Å². The minimum absolute atomic E-state index is 0.0790. The van der Waals surface area contributed by atoms with E-state index in [0.29, 0.717) is 120 Å². The smallest absolute Gasteiger partial charge is 0.293 e. The van der Waals surface area contributed by atoms with Gasteiger partial charge in [0.15, 0.2) is 0 Å². The second kappa shape index (κ2) is 27.0. The van der Waals surface area contributed by atoms with Crippen molar-refractivity contribution in [3.63, 3.8) is 0 Å². The Morgan fingerprint density at radius 2 is 1.63 bits per heavy atom. The Hall–Kier alpha value is -8.65. The molecule has 4 amide bonds. The van der Waals surface area contributed by atoms with Gasteiger partial charge in [-0.3, -0.25) is 39.5 Å². The molecule has 7 aromatic rings. The number of nitro groups is 1. The number of H-pyrrole nitrogens is 1. The van der Waals surface area contributed by atoms with Crippen molar-refractivity contribution in [2.75, 3.05) is 107 Å². The van der Waals surface area contributed by atoms with E-state index in [1.165, 1.54) is 24.4 Å². The summed E-state index contributed by atoms with van der Waals surface area (Å²) in [5, 5.41) is 22.5. The molecule has 1 atom stereocenters. The first kappa shape index (κ1) is 60.6. The molecule has 5 aromatic carbocycles. The number of carbonyl (C=O) groups is 4. The maximum atomic E-state index is 14.1. The van der Waals surface area contributed by atoms with Crippen molar-refractivity contribution in [3.8, 4) is 28.4 Å². The third-order valence-corrected chi connectivity index (χ3v) is 18.6. The zero-order chi connectivity index (χ0) is 61.6. The van der Waals surface area contributed by atoms with E-state index < -0.39 is 43.4 Å². The standard InChI is InChI=1S/C64H68ClN11O12S/c65-45-9-7-43(8-10-45)49-3-2-6-58(87-40-42-36-73(37-42)26-30-86-29-21-66-54-5-1-4-50-52(54)39-75(64(50)80)56-15-16-60(77)70-63(56)79)53(49)38-72-22-24-74(25-23-72)46-11-13-51(59(32-46)88-47-31-44-17-20-67-61(44)69-35-47)62(78)71-89(83,84)48-12-14-55(57(33-48)76(81)82)68-34-41-18-27-85-28-19-41/h1-14,17,20,31-33,35,41-42,56,66,68H,15-16,18-19,21-30,34,36-40H2,(H,67,69)(H,71,78)(H,70,77,79). The quantitative estimate of drug-likeness (QED) is 0.0166. The SMILES string of the molecule is O=C1CCC(N2Cc3c(NCCOCCN4CC(COc5cccc(-c6ccc(Cl)cc6)c5CN5CCN(c6ccc(C(=O)NS(=O)(=O)c7ccc(NCC8CCOCC8)c([N+](=O)[O-])c7)c(Oc7cnc8[nH]ccc8c7)c6)CC5)C4)cccc3C2=O)C(=O)N1. The lowest BCUT2D eigenvalue weighted by Crippen LogP contribution is -2.52. The predicted octanol–water partition coefficient (Wildman–Crippen LogP) is 8.06. The number of nitrogens with one attached hydrogen (secondary N) is 5. The van der Waals surface area contributed by atoms with Crippen LogP contribution in [0.3, 0.4) is 0 Å². The van der Waals surface area contributed by atoms with E-state index in [-0.39, 0.29) is 41.2 Å². The number of fused-ring (bicyclic) bond motifs is 2. The van der Waals surface area contributed by atoms with Gasteiger partial charge < -0.3 is 49.3 Å². The van der Waals surface area contributed by atoms with E-state index in [0.717, 1.165) is 83.3 Å². The second-order valence-electron chi connectivity index (χ2n) is 22.9. The van der Waals surface area contributed by atoms with Crippen molar-refractivity contribution in [3.05, 3.63) is 159 Å². The van der Waals surface area contributed by atoms with Gasteiger partial charge in [0.05, 0.1) is 41.4 Å². The number of pyridine rings is 1. The maximum absolute atomic E-state index is 14.1. The maximum Gasteiger partial charge on any atom is 0.293 e. The topological polar surface area (TPSA) is 272 Å². The number of aromatic nitrogens is 2. The molecule has 0 spiro atoms. The first-order valence-electron chi connectivity index (χ1n) is 29.9. The number of amides is 4. The minimum atomic E-state index is -4.62. The fourth-order valence-electron chi connectivity index (χ4n) is 12.1. The third-order valence-electron chi connectivity index (χ3n) is 17.0. The molecule has 0 saturated carbocycles. The average molecular weight is 1250 g/mol. The summed E-state index contributed by atoms with van der Waals surface area (Å²) in [5.74, 6) is -0.179. The van der Waals surface area contributed by atoms with Crippen molar-refractivity contribution in [2.24, 2.45) is 11.8 Å². The van der Waals surface area contributed by atoms with E-state index in [1.807, 2.05) is 54.6 Å². The number of anilines is 3. The molecular weight excluding hydrogens is 1180 g/mol. The Morgan fingerprint density at radius 3 is 2.43 bits per heavy atom. The number of halogens is 1. The summed E-state index contributed by atoms with van der Waals surface area (Å²) in [6.07, 6.45) is 5.37. The molecular formula is C64H68ClN11O12S. The van der Waals surface area contributed by atoms with Crippen LogP contribution in [-0.4, -0.2) is 160 Å². The van der Waals surface area contributed by atoms with Crippen LogP contribution in [0.4, 0.5) is 22.7 Å². The van der Waals surface area contributed by atoms with Crippen molar-refractivity contribution in [2.45, 2.75) is 49.7 Å². The number of carbonyl (C=O) groups excluding carboxylic acids is 4. The molecule has 7 heterocycles. The van der Waals surface area contributed by atoms with Crippen LogP contribution in [-0.2, 0) is 42.2 Å². The van der Waals surface area contributed by atoms with Crippen LogP contribution in [0.25, 0.3) is 22.2 Å². The zero-order valence-corrected chi connectivity index (χ0v) is 50.4. The lowest BCUT2D eigenvalue weighted by atomic mass is 9.97. The van der Waals surface area contributed by atoms with Gasteiger partial charge in [-0.2, -0.15) is 0 Å². The van der Waals surface area contributed by atoms with E-state index in [9.17, 15) is 37.7 Å². The third kappa shape index (κ3) is 14.1. The van der Waals surface area contributed by atoms with E-state index in [1.54, 1.807) is 35.4 Å². The van der Waals surface area contributed by atoms with Gasteiger partial charge in [0.2, 0.25) is 11.8 Å². The van der Waals surface area contributed by atoms with Crippen LogP contribution in [0.5, 0.6) is 17.2 Å². The number of nitro benzene ring substituents is 1. The molecule has 89 heavy (non-hydrogen) atoms. The summed E-state index contributed by atoms with van der Waals surface area (Å²) >= 11 is 6.36. The van der Waals surface area contributed by atoms with Crippen LogP contribution in [0.1, 0.15) is 57.5 Å². The molecule has 12 rings (SSSR count). The van der Waals surface area contributed by atoms with Crippen LogP contribution < -0.4 is 35.0 Å². The number of hydrogen-bond donors (Lipinski definition) is 5. The van der Waals surface area contributed by atoms with E-state index in [2.05, 4.69) is 51.4 Å². The number of sulfonamides is 1. The summed E-state index contributed by atoms with van der Waals surface area (Å²) in [5.41, 5.74) is 6.36. The molecule has 5 N–H and O–H groups in total. The number of likely N-dealkylation sites (tertiary alicyclic amines) is 1. The normalized spacial score (nSPS) is 17.7. The molecule has 4 saturated heterocycles. The van der Waals surface area contributed by atoms with Crippen molar-refractivity contribution < 1.29 is 51.5 Å². The van der Waals surface area contributed by atoms with Crippen LogP contribution in [0.15, 0.2) is 126 Å². The lowest BCUT2D eigenvalue weighted by molar-refractivity contribution is -0.384. The van der Waals surface area contributed by atoms with Crippen molar-refractivity contribution in [1.82, 2.24) is 34.7 Å². The van der Waals surface area contributed by atoms with Gasteiger partial charge in [0, 0.05) is 154 Å².